The zero-order valence-electron chi connectivity index (χ0n) is 15.5. The first kappa shape index (κ1) is 18.5. The van der Waals surface area contributed by atoms with Gasteiger partial charge in [-0.1, -0.05) is 41.6 Å². The lowest BCUT2D eigenvalue weighted by Crippen LogP contribution is -2.35. The molecule has 0 unspecified atom stereocenters. The molecule has 1 N–H and O–H groups in total. The number of nitrogens with zero attached hydrogens (tertiary/aromatic N) is 2. The highest BCUT2D eigenvalue weighted by Crippen LogP contribution is 2.27. The van der Waals surface area contributed by atoms with Gasteiger partial charge in [-0.2, -0.15) is 0 Å². The Morgan fingerprint density at radius 2 is 1.67 bits per heavy atom. The molecule has 0 fully saturated rings. The van der Waals surface area contributed by atoms with E-state index in [4.69, 9.17) is 9.47 Å². The Kier molecular flexibility index (Phi) is 6.05. The largest absolute Gasteiger partial charge is 0.493 e. The molecule has 138 valence electrons. The number of aryl methyl sites for hydroxylation is 2. The van der Waals surface area contributed by atoms with Crippen molar-refractivity contribution >= 4 is 5.71 Å². The molecule has 0 atom stereocenters. The van der Waals surface area contributed by atoms with Crippen molar-refractivity contribution < 1.29 is 19.2 Å². The summed E-state index contributed by atoms with van der Waals surface area (Å²) in [5.74, 6) is 1.45. The van der Waals surface area contributed by atoms with E-state index >= 15 is 0 Å². The van der Waals surface area contributed by atoms with Gasteiger partial charge in [-0.3, -0.25) is 0 Å². The number of hydrogen-bond acceptors (Lipinski definition) is 4. The van der Waals surface area contributed by atoms with Gasteiger partial charge >= 0.3 is 0 Å². The number of methoxy groups -OCH3 is 2. The standard InChI is InChI=1S/C22H22N2O3/c1-26-20-11-10-17(15-21(20)27-2)12-14-24-13-6-9-19(16-24)22(23-25)18-7-4-3-5-8-18/h3-11,13,15-16H,12,14H2,1-2H3/p+1/b23-22+. The first-order valence-electron chi connectivity index (χ1n) is 8.73. The van der Waals surface area contributed by atoms with Crippen LogP contribution in [0.1, 0.15) is 16.7 Å². The lowest BCUT2D eigenvalue weighted by molar-refractivity contribution is -0.696. The van der Waals surface area contributed by atoms with Gasteiger partial charge in [-0.05, 0) is 23.8 Å². The maximum absolute atomic E-state index is 9.49. The number of oxime groups is 1. The number of benzene rings is 2. The first-order chi connectivity index (χ1) is 13.2. The van der Waals surface area contributed by atoms with E-state index in [1.54, 1.807) is 14.2 Å². The van der Waals surface area contributed by atoms with Crippen LogP contribution in [-0.4, -0.2) is 25.1 Å². The number of rotatable bonds is 7. The molecule has 0 aliphatic rings. The van der Waals surface area contributed by atoms with Gasteiger partial charge in [0.15, 0.2) is 30.4 Å². The third kappa shape index (κ3) is 4.44. The fraction of sp³-hybridized carbons (Fsp3) is 0.182. The number of hydrogen-bond donors (Lipinski definition) is 1. The molecule has 0 spiro atoms. The Labute approximate surface area is 159 Å². The average Bonchev–Trinajstić information content (AvgIpc) is 2.73. The van der Waals surface area contributed by atoms with Crippen LogP contribution in [0.4, 0.5) is 0 Å². The summed E-state index contributed by atoms with van der Waals surface area (Å²) in [6.07, 6.45) is 4.83. The second kappa shape index (κ2) is 8.85. The Balaban J connectivity index is 1.77. The minimum Gasteiger partial charge on any atom is -0.493 e. The summed E-state index contributed by atoms with van der Waals surface area (Å²) in [7, 11) is 3.27. The molecule has 0 bridgehead atoms. The summed E-state index contributed by atoms with van der Waals surface area (Å²) in [6, 6.07) is 19.5. The lowest BCUT2D eigenvalue weighted by atomic mass is 10.0. The Bertz CT molecular complexity index is 924. The fourth-order valence-corrected chi connectivity index (χ4v) is 2.97. The second-order valence-corrected chi connectivity index (χ2v) is 6.08. The van der Waals surface area contributed by atoms with E-state index in [9.17, 15) is 5.21 Å². The van der Waals surface area contributed by atoms with E-state index in [1.165, 1.54) is 0 Å². The van der Waals surface area contributed by atoms with Crippen molar-refractivity contribution in [1.82, 2.24) is 0 Å². The number of pyridine rings is 1. The van der Waals surface area contributed by atoms with Crippen molar-refractivity contribution in [2.45, 2.75) is 13.0 Å². The third-order valence-corrected chi connectivity index (χ3v) is 4.39. The molecule has 0 aliphatic carbocycles. The molecule has 1 aromatic heterocycles. The highest BCUT2D eigenvalue weighted by molar-refractivity contribution is 6.12. The van der Waals surface area contributed by atoms with E-state index in [0.29, 0.717) is 5.71 Å². The third-order valence-electron chi connectivity index (χ3n) is 4.39. The second-order valence-electron chi connectivity index (χ2n) is 6.08. The van der Waals surface area contributed by atoms with Crippen LogP contribution >= 0.6 is 0 Å². The van der Waals surface area contributed by atoms with Crippen molar-refractivity contribution in [3.8, 4) is 11.5 Å². The van der Waals surface area contributed by atoms with E-state index in [2.05, 4.69) is 9.72 Å². The molecule has 0 amide bonds. The van der Waals surface area contributed by atoms with Crippen molar-refractivity contribution in [3.63, 3.8) is 0 Å². The predicted octanol–water partition coefficient (Wildman–Crippen LogP) is 3.46. The van der Waals surface area contributed by atoms with Gasteiger partial charge in [0.1, 0.15) is 5.71 Å². The molecule has 0 saturated carbocycles. The SMILES string of the molecule is COc1ccc(CC[n+]2cccc(/C(=N/O)c3ccccc3)c2)cc1OC. The molecule has 27 heavy (non-hydrogen) atoms. The molecule has 1 heterocycles. The zero-order chi connectivity index (χ0) is 19.1. The quantitative estimate of drug-likeness (QED) is 0.303. The van der Waals surface area contributed by atoms with Gasteiger partial charge in [-0.15, -0.1) is 0 Å². The Morgan fingerprint density at radius 3 is 2.37 bits per heavy atom. The molecule has 0 aliphatic heterocycles. The van der Waals surface area contributed by atoms with Gasteiger partial charge in [0, 0.05) is 18.1 Å². The zero-order valence-corrected chi connectivity index (χ0v) is 15.5. The summed E-state index contributed by atoms with van der Waals surface area (Å²) in [5, 5.41) is 13.0. The van der Waals surface area contributed by atoms with Crippen LogP contribution in [0.3, 0.4) is 0 Å². The van der Waals surface area contributed by atoms with Crippen LogP contribution in [0.5, 0.6) is 11.5 Å². The van der Waals surface area contributed by atoms with Crippen LogP contribution in [0.25, 0.3) is 0 Å². The van der Waals surface area contributed by atoms with E-state index in [0.717, 1.165) is 41.2 Å². The molecule has 5 nitrogen and oxygen atoms in total. The normalized spacial score (nSPS) is 11.3. The van der Waals surface area contributed by atoms with Gasteiger partial charge in [0.25, 0.3) is 0 Å². The van der Waals surface area contributed by atoms with Gasteiger partial charge < -0.3 is 14.7 Å². The van der Waals surface area contributed by atoms with Crippen LogP contribution < -0.4 is 14.0 Å². The monoisotopic (exact) mass is 363 g/mol. The maximum Gasteiger partial charge on any atom is 0.178 e. The highest BCUT2D eigenvalue weighted by Gasteiger charge is 2.12. The molecular weight excluding hydrogens is 340 g/mol. The summed E-state index contributed by atoms with van der Waals surface area (Å²) in [6.45, 7) is 0.789. The molecular formula is C22H23N2O3+. The van der Waals surface area contributed by atoms with Gasteiger partial charge in [0.2, 0.25) is 0 Å². The van der Waals surface area contributed by atoms with Crippen LogP contribution in [0, 0.1) is 0 Å². The minimum absolute atomic E-state index is 0.552. The molecule has 0 radical (unpaired) electrons. The molecule has 0 saturated heterocycles. The summed E-state index contributed by atoms with van der Waals surface area (Å²) < 4.78 is 12.7. The average molecular weight is 363 g/mol. The summed E-state index contributed by atoms with van der Waals surface area (Å²) in [5.41, 5.74) is 3.44. The molecule has 2 aromatic carbocycles. The minimum atomic E-state index is 0.552. The smallest absolute Gasteiger partial charge is 0.178 e. The van der Waals surface area contributed by atoms with Crippen molar-refractivity contribution in [1.29, 1.82) is 0 Å². The first-order valence-corrected chi connectivity index (χ1v) is 8.73. The van der Waals surface area contributed by atoms with E-state index < -0.39 is 0 Å². The van der Waals surface area contributed by atoms with E-state index in [1.807, 2.05) is 73.1 Å². The Morgan fingerprint density at radius 1 is 0.926 bits per heavy atom. The van der Waals surface area contributed by atoms with Crippen molar-refractivity contribution in [2.24, 2.45) is 5.16 Å². The highest BCUT2D eigenvalue weighted by atomic mass is 16.5. The van der Waals surface area contributed by atoms with Crippen molar-refractivity contribution in [2.75, 3.05) is 14.2 Å². The predicted molar refractivity (Wildman–Crippen MR) is 104 cm³/mol. The lowest BCUT2D eigenvalue weighted by Gasteiger charge is -2.09. The maximum atomic E-state index is 9.49. The topological polar surface area (TPSA) is 54.9 Å². The van der Waals surface area contributed by atoms with Gasteiger partial charge in [0.05, 0.1) is 19.8 Å². The van der Waals surface area contributed by atoms with Crippen molar-refractivity contribution in [3.05, 3.63) is 89.7 Å². The molecule has 3 aromatic rings. The van der Waals surface area contributed by atoms with Crippen LogP contribution in [-0.2, 0) is 13.0 Å². The Hall–Kier alpha value is -3.34. The van der Waals surface area contributed by atoms with Gasteiger partial charge in [-0.25, -0.2) is 4.57 Å². The number of aromatic nitrogens is 1. The molecule has 5 heteroatoms. The van der Waals surface area contributed by atoms with Crippen LogP contribution in [0.15, 0.2) is 78.2 Å². The molecule has 3 rings (SSSR count). The van der Waals surface area contributed by atoms with E-state index in [-0.39, 0.29) is 0 Å². The summed E-state index contributed by atoms with van der Waals surface area (Å²) in [4.78, 5) is 0. The fourth-order valence-electron chi connectivity index (χ4n) is 2.97. The van der Waals surface area contributed by atoms with Crippen LogP contribution in [0.2, 0.25) is 0 Å². The number of ether oxygens (including phenoxy) is 2. The summed E-state index contributed by atoms with van der Waals surface area (Å²) >= 11 is 0.